The number of ether oxygens (including phenoxy) is 1. The van der Waals surface area contributed by atoms with Gasteiger partial charge in [0.05, 0.1) is 12.0 Å². The summed E-state index contributed by atoms with van der Waals surface area (Å²) < 4.78 is 5.00. The first-order chi connectivity index (χ1) is 10.4. The van der Waals surface area contributed by atoms with Crippen LogP contribution in [0.15, 0.2) is 27.8 Å². The van der Waals surface area contributed by atoms with Crippen molar-refractivity contribution in [3.63, 3.8) is 0 Å². The molecule has 0 fully saturated rings. The Hall–Kier alpha value is -3.36. The minimum atomic E-state index is -1.11. The van der Waals surface area contributed by atoms with Gasteiger partial charge in [-0.2, -0.15) is 0 Å². The highest BCUT2D eigenvalue weighted by Gasteiger charge is 2.18. The topological polar surface area (TPSA) is 138 Å². The van der Waals surface area contributed by atoms with Crippen LogP contribution in [0.1, 0.15) is 11.3 Å². The number of rotatable bonds is 4. The fraction of sp³-hybridized carbons (Fsp3) is 0.0769. The fourth-order valence-corrected chi connectivity index (χ4v) is 1.77. The van der Waals surface area contributed by atoms with Crippen molar-refractivity contribution in [2.24, 2.45) is 0 Å². The van der Waals surface area contributed by atoms with Crippen molar-refractivity contribution in [3.05, 3.63) is 60.4 Å². The lowest BCUT2D eigenvalue weighted by molar-refractivity contribution is -0.386. The van der Waals surface area contributed by atoms with Crippen molar-refractivity contribution in [2.75, 3.05) is 7.11 Å². The molecule has 0 radical (unpaired) electrons. The first-order valence-electron chi connectivity index (χ1n) is 5.98. The van der Waals surface area contributed by atoms with E-state index in [9.17, 15) is 24.8 Å². The van der Waals surface area contributed by atoms with Crippen LogP contribution in [0.25, 0.3) is 12.2 Å². The molecule has 1 aromatic carbocycles. The Bertz CT molecular complexity index is 865. The Labute approximate surface area is 122 Å². The number of H-pyrrole nitrogens is 2. The highest BCUT2D eigenvalue weighted by Crippen LogP contribution is 2.25. The zero-order valence-electron chi connectivity index (χ0n) is 11.3. The lowest BCUT2D eigenvalue weighted by Crippen LogP contribution is -2.25. The average Bonchev–Trinajstić information content (AvgIpc) is 2.45. The van der Waals surface area contributed by atoms with Gasteiger partial charge in [-0.15, -0.1) is 0 Å². The summed E-state index contributed by atoms with van der Waals surface area (Å²) in [7, 11) is 1.44. The molecule has 0 saturated carbocycles. The summed E-state index contributed by atoms with van der Waals surface area (Å²) >= 11 is 0. The molecule has 0 unspecified atom stereocenters. The zero-order chi connectivity index (χ0) is 16.3. The SMILES string of the molecule is COc1ccc(O)c(/C=C/c2[nH]c(=O)[nH]c(=O)c2[N+](=O)[O-])c1. The summed E-state index contributed by atoms with van der Waals surface area (Å²) in [6.45, 7) is 0. The van der Waals surface area contributed by atoms with Crippen molar-refractivity contribution in [1.82, 2.24) is 9.97 Å². The summed E-state index contributed by atoms with van der Waals surface area (Å²) in [6, 6.07) is 4.40. The number of benzene rings is 1. The first-order valence-corrected chi connectivity index (χ1v) is 5.98. The number of nitro groups is 1. The second-order valence-electron chi connectivity index (χ2n) is 4.19. The molecular weight excluding hydrogens is 294 g/mol. The Morgan fingerprint density at radius 3 is 2.64 bits per heavy atom. The van der Waals surface area contributed by atoms with E-state index < -0.39 is 21.9 Å². The number of nitrogens with one attached hydrogen (secondary N) is 2. The number of aromatic nitrogens is 2. The van der Waals surface area contributed by atoms with Gasteiger partial charge in [-0.25, -0.2) is 4.79 Å². The highest BCUT2D eigenvalue weighted by atomic mass is 16.6. The van der Waals surface area contributed by atoms with E-state index in [2.05, 4.69) is 4.98 Å². The lowest BCUT2D eigenvalue weighted by Gasteiger charge is -2.03. The third-order valence-corrected chi connectivity index (χ3v) is 2.79. The Kier molecular flexibility index (Phi) is 4.07. The van der Waals surface area contributed by atoms with Gasteiger partial charge >= 0.3 is 16.9 Å². The number of phenolic OH excluding ortho intramolecular Hbond substituents is 1. The molecule has 0 atom stereocenters. The molecule has 1 heterocycles. The van der Waals surface area contributed by atoms with Gasteiger partial charge in [0.1, 0.15) is 17.2 Å². The predicted molar refractivity (Wildman–Crippen MR) is 77.9 cm³/mol. The molecule has 2 rings (SSSR count). The summed E-state index contributed by atoms with van der Waals surface area (Å²) in [5.74, 6) is 0.373. The molecule has 0 saturated heterocycles. The normalized spacial score (nSPS) is 10.8. The van der Waals surface area contributed by atoms with E-state index in [1.807, 2.05) is 0 Å². The maximum absolute atomic E-state index is 11.5. The van der Waals surface area contributed by atoms with E-state index in [0.29, 0.717) is 11.3 Å². The summed E-state index contributed by atoms with van der Waals surface area (Å²) in [5, 5.41) is 20.6. The average molecular weight is 305 g/mol. The van der Waals surface area contributed by atoms with Crippen LogP contribution in [-0.4, -0.2) is 27.1 Å². The van der Waals surface area contributed by atoms with Gasteiger partial charge in [-0.1, -0.05) is 0 Å². The van der Waals surface area contributed by atoms with Gasteiger partial charge in [0, 0.05) is 5.56 Å². The number of aromatic hydroxyl groups is 1. The molecule has 1 aromatic heterocycles. The van der Waals surface area contributed by atoms with E-state index in [1.54, 1.807) is 4.98 Å². The number of phenols is 1. The van der Waals surface area contributed by atoms with E-state index in [-0.39, 0.29) is 11.4 Å². The van der Waals surface area contributed by atoms with Gasteiger partial charge in [0.25, 0.3) is 0 Å². The molecule has 0 spiro atoms. The minimum absolute atomic E-state index is 0.0908. The van der Waals surface area contributed by atoms with Gasteiger partial charge in [-0.3, -0.25) is 19.9 Å². The molecule has 0 bridgehead atoms. The lowest BCUT2D eigenvalue weighted by atomic mass is 10.1. The molecule has 0 aliphatic heterocycles. The standard InChI is InChI=1S/C13H11N3O6/c1-22-8-3-5-10(17)7(6-8)2-4-9-11(16(20)21)12(18)15-13(19)14-9/h2-6,17H,1H3,(H2,14,15,18,19)/b4-2+. The van der Waals surface area contributed by atoms with Crippen molar-refractivity contribution < 1.29 is 14.8 Å². The molecule has 22 heavy (non-hydrogen) atoms. The molecule has 3 N–H and O–H groups in total. The van der Waals surface area contributed by atoms with E-state index in [0.717, 1.165) is 6.08 Å². The van der Waals surface area contributed by atoms with Crippen LogP contribution < -0.4 is 16.0 Å². The van der Waals surface area contributed by atoms with Crippen molar-refractivity contribution >= 4 is 17.8 Å². The maximum Gasteiger partial charge on any atom is 0.357 e. The van der Waals surface area contributed by atoms with Crippen LogP contribution in [-0.2, 0) is 0 Å². The van der Waals surface area contributed by atoms with Crippen molar-refractivity contribution in [2.45, 2.75) is 0 Å². The quantitative estimate of drug-likeness (QED) is 0.565. The number of aromatic amines is 2. The second-order valence-corrected chi connectivity index (χ2v) is 4.19. The third-order valence-electron chi connectivity index (χ3n) is 2.79. The Balaban J connectivity index is 2.53. The molecule has 2 aromatic rings. The van der Waals surface area contributed by atoms with E-state index in [1.165, 1.54) is 31.4 Å². The smallest absolute Gasteiger partial charge is 0.357 e. The number of methoxy groups -OCH3 is 1. The molecule has 9 heteroatoms. The van der Waals surface area contributed by atoms with Gasteiger partial charge in [0.2, 0.25) is 0 Å². The van der Waals surface area contributed by atoms with E-state index >= 15 is 0 Å². The molecule has 0 aliphatic carbocycles. The van der Waals surface area contributed by atoms with Crippen LogP contribution >= 0.6 is 0 Å². The van der Waals surface area contributed by atoms with Gasteiger partial charge in [-0.05, 0) is 30.4 Å². The van der Waals surface area contributed by atoms with Crippen molar-refractivity contribution in [1.29, 1.82) is 0 Å². The highest BCUT2D eigenvalue weighted by molar-refractivity contribution is 5.74. The van der Waals surface area contributed by atoms with Crippen LogP contribution in [0.3, 0.4) is 0 Å². The monoisotopic (exact) mass is 305 g/mol. The maximum atomic E-state index is 11.5. The summed E-state index contributed by atoms with van der Waals surface area (Å²) in [4.78, 5) is 36.6. The summed E-state index contributed by atoms with van der Waals surface area (Å²) in [5.41, 5.74) is -2.75. The molecule has 9 nitrogen and oxygen atoms in total. The fourth-order valence-electron chi connectivity index (χ4n) is 1.77. The van der Waals surface area contributed by atoms with Crippen molar-refractivity contribution in [3.8, 4) is 11.5 Å². The first kappa shape index (κ1) is 15.0. The minimum Gasteiger partial charge on any atom is -0.507 e. The van der Waals surface area contributed by atoms with Gasteiger partial charge < -0.3 is 14.8 Å². The number of hydrogen-bond acceptors (Lipinski definition) is 6. The van der Waals surface area contributed by atoms with Crippen LogP contribution in [0, 0.1) is 10.1 Å². The second kappa shape index (κ2) is 5.95. The van der Waals surface area contributed by atoms with Crippen LogP contribution in [0.5, 0.6) is 11.5 Å². The van der Waals surface area contributed by atoms with Crippen LogP contribution in [0.2, 0.25) is 0 Å². The molecule has 114 valence electrons. The Morgan fingerprint density at radius 1 is 1.27 bits per heavy atom. The molecule has 0 amide bonds. The van der Waals surface area contributed by atoms with Gasteiger partial charge in [0.15, 0.2) is 0 Å². The molecular formula is C13H11N3O6. The number of nitrogens with zero attached hydrogens (tertiary/aromatic N) is 1. The molecule has 0 aliphatic rings. The zero-order valence-corrected chi connectivity index (χ0v) is 11.3. The largest absolute Gasteiger partial charge is 0.507 e. The van der Waals surface area contributed by atoms with Crippen LogP contribution in [0.4, 0.5) is 5.69 Å². The van der Waals surface area contributed by atoms with E-state index in [4.69, 9.17) is 4.74 Å². The predicted octanol–water partition coefficient (Wildman–Crippen LogP) is 0.856. The summed E-state index contributed by atoms with van der Waals surface area (Å²) in [6.07, 6.45) is 2.47. The third kappa shape index (κ3) is 3.03. The number of hydrogen-bond donors (Lipinski definition) is 3. The Morgan fingerprint density at radius 2 is 2.00 bits per heavy atom.